The van der Waals surface area contributed by atoms with Crippen LogP contribution in [0.3, 0.4) is 0 Å². The summed E-state index contributed by atoms with van der Waals surface area (Å²) in [5.41, 5.74) is 1.93. The fourth-order valence-electron chi connectivity index (χ4n) is 2.98. The van der Waals surface area contributed by atoms with Crippen LogP contribution in [0.4, 0.5) is 0 Å². The molecule has 0 aliphatic carbocycles. The summed E-state index contributed by atoms with van der Waals surface area (Å²) >= 11 is 3.52. The van der Waals surface area contributed by atoms with Gasteiger partial charge in [-0.2, -0.15) is 0 Å². The summed E-state index contributed by atoms with van der Waals surface area (Å²) in [7, 11) is 1.70. The highest BCUT2D eigenvalue weighted by Gasteiger charge is 2.22. The number of carbonyl (C=O) groups is 3. The normalized spacial score (nSPS) is 13.7. The van der Waals surface area contributed by atoms with Crippen molar-refractivity contribution in [1.29, 1.82) is 0 Å². The van der Waals surface area contributed by atoms with Gasteiger partial charge in [0.1, 0.15) is 5.75 Å². The Morgan fingerprint density at radius 3 is 2.10 bits per heavy atom. The van der Waals surface area contributed by atoms with Gasteiger partial charge in [-0.1, -0.05) is 34.1 Å². The molecule has 8 nitrogen and oxygen atoms in total. The van der Waals surface area contributed by atoms with Crippen LogP contribution in [-0.2, 0) is 16.1 Å². The molecule has 0 unspecified atom stereocenters. The van der Waals surface area contributed by atoms with E-state index in [0.29, 0.717) is 0 Å². The molecule has 30 heavy (non-hydrogen) atoms. The molecule has 1 amide bonds. The van der Waals surface area contributed by atoms with Gasteiger partial charge in [-0.05, 0) is 30.3 Å². The molecular weight excluding hydrogens is 456 g/mol. The maximum Gasteiger partial charge on any atom is 0.414 e. The highest BCUT2D eigenvalue weighted by Crippen LogP contribution is 2.24. The van der Waals surface area contributed by atoms with Crippen molar-refractivity contribution in [3.8, 4) is 5.75 Å². The monoisotopic (exact) mass is 478 g/mol. The van der Waals surface area contributed by atoms with Gasteiger partial charge < -0.3 is 19.8 Å². The first-order valence-electron chi connectivity index (χ1n) is 9.17. The Hall–Kier alpha value is -2.91. The summed E-state index contributed by atoms with van der Waals surface area (Å²) in [6.07, 6.45) is 0. The number of benzene rings is 2. The lowest BCUT2D eigenvalue weighted by atomic mass is 10.1. The maximum atomic E-state index is 12.5. The lowest BCUT2D eigenvalue weighted by molar-refractivity contribution is -0.159. The average molecular weight is 479 g/mol. The summed E-state index contributed by atoms with van der Waals surface area (Å²) in [6, 6.07) is 15.6. The predicted molar refractivity (Wildman–Crippen MR) is 114 cm³/mol. The molecule has 0 bridgehead atoms. The lowest BCUT2D eigenvalue weighted by Crippen LogP contribution is -2.48. The molecule has 0 atom stereocenters. The van der Waals surface area contributed by atoms with E-state index in [-0.39, 0.29) is 5.91 Å². The third-order valence-electron chi connectivity index (χ3n) is 4.50. The van der Waals surface area contributed by atoms with Gasteiger partial charge in [-0.25, -0.2) is 9.59 Å². The average Bonchev–Trinajstić information content (AvgIpc) is 2.75. The number of piperazine rings is 1. The number of carbonyl (C=O) groups excluding carboxylic acids is 1. The molecule has 1 heterocycles. The van der Waals surface area contributed by atoms with Crippen molar-refractivity contribution in [2.24, 2.45) is 0 Å². The zero-order chi connectivity index (χ0) is 22.1. The van der Waals surface area contributed by atoms with Gasteiger partial charge in [0.15, 0.2) is 0 Å². The Morgan fingerprint density at radius 2 is 1.57 bits per heavy atom. The summed E-state index contributed by atoms with van der Waals surface area (Å²) in [6.45, 7) is 4.08. The topological polar surface area (TPSA) is 107 Å². The highest BCUT2D eigenvalue weighted by molar-refractivity contribution is 9.10. The standard InChI is InChI=1S/C19H21BrN2O2.C2H2O4/c1-24-18-8-7-17(20)13-16(18)14-21-9-11-22(12-10-21)19(23)15-5-3-2-4-6-15;3-1(4)2(5)6/h2-8,13H,9-12,14H2,1H3;(H,3,4)(H,5,6). The van der Waals surface area contributed by atoms with Crippen molar-refractivity contribution >= 4 is 33.8 Å². The minimum absolute atomic E-state index is 0.121. The predicted octanol–water partition coefficient (Wildman–Crippen LogP) is 2.57. The molecule has 0 saturated carbocycles. The van der Waals surface area contributed by atoms with Gasteiger partial charge in [0.2, 0.25) is 0 Å². The van der Waals surface area contributed by atoms with Crippen LogP contribution >= 0.6 is 15.9 Å². The lowest BCUT2D eigenvalue weighted by Gasteiger charge is -2.35. The number of carboxylic acid groups (broad SMARTS) is 2. The molecule has 9 heteroatoms. The fourth-order valence-corrected chi connectivity index (χ4v) is 3.39. The Bertz CT molecular complexity index is 870. The molecule has 0 aromatic heterocycles. The molecule has 1 fully saturated rings. The number of nitrogens with zero attached hydrogens (tertiary/aromatic N) is 2. The van der Waals surface area contributed by atoms with Crippen LogP contribution in [0.25, 0.3) is 0 Å². The second kappa shape index (κ2) is 11.3. The van der Waals surface area contributed by atoms with Gasteiger partial charge in [-0.15, -0.1) is 0 Å². The quantitative estimate of drug-likeness (QED) is 0.650. The molecule has 0 spiro atoms. The second-order valence-corrected chi connectivity index (χ2v) is 7.42. The number of rotatable bonds is 4. The van der Waals surface area contributed by atoms with E-state index in [1.54, 1.807) is 7.11 Å². The Kier molecular flexibility index (Phi) is 8.82. The zero-order valence-corrected chi connectivity index (χ0v) is 18.0. The van der Waals surface area contributed by atoms with Crippen molar-refractivity contribution in [2.75, 3.05) is 33.3 Å². The zero-order valence-electron chi connectivity index (χ0n) is 16.5. The van der Waals surface area contributed by atoms with Crippen LogP contribution < -0.4 is 4.74 Å². The third-order valence-corrected chi connectivity index (χ3v) is 4.99. The van der Waals surface area contributed by atoms with Crippen molar-refractivity contribution < 1.29 is 29.3 Å². The van der Waals surface area contributed by atoms with E-state index in [1.807, 2.05) is 47.4 Å². The van der Waals surface area contributed by atoms with E-state index in [9.17, 15) is 4.79 Å². The van der Waals surface area contributed by atoms with Gasteiger partial charge >= 0.3 is 11.9 Å². The number of carboxylic acids is 2. The van der Waals surface area contributed by atoms with Crippen molar-refractivity contribution in [1.82, 2.24) is 9.80 Å². The number of halogens is 1. The van der Waals surface area contributed by atoms with E-state index in [4.69, 9.17) is 24.5 Å². The van der Waals surface area contributed by atoms with E-state index in [0.717, 1.165) is 54.1 Å². The van der Waals surface area contributed by atoms with E-state index >= 15 is 0 Å². The van der Waals surface area contributed by atoms with Gasteiger partial charge in [-0.3, -0.25) is 9.69 Å². The minimum atomic E-state index is -1.82. The molecule has 1 aliphatic rings. The van der Waals surface area contributed by atoms with Gasteiger partial charge in [0.25, 0.3) is 5.91 Å². The number of ether oxygens (including phenoxy) is 1. The summed E-state index contributed by atoms with van der Waals surface area (Å²) in [5, 5.41) is 14.8. The van der Waals surface area contributed by atoms with Gasteiger partial charge in [0.05, 0.1) is 7.11 Å². The van der Waals surface area contributed by atoms with E-state index in [2.05, 4.69) is 26.9 Å². The first kappa shape index (κ1) is 23.4. The van der Waals surface area contributed by atoms with Crippen LogP contribution in [0.2, 0.25) is 0 Å². The second-order valence-electron chi connectivity index (χ2n) is 6.50. The maximum absolute atomic E-state index is 12.5. The smallest absolute Gasteiger partial charge is 0.414 e. The van der Waals surface area contributed by atoms with Crippen molar-refractivity contribution in [2.45, 2.75) is 6.54 Å². The molecule has 2 N–H and O–H groups in total. The molecule has 2 aromatic carbocycles. The Morgan fingerprint density at radius 1 is 0.967 bits per heavy atom. The van der Waals surface area contributed by atoms with Crippen molar-refractivity contribution in [3.05, 3.63) is 64.1 Å². The Balaban J connectivity index is 0.000000469. The third kappa shape index (κ3) is 6.85. The summed E-state index contributed by atoms with van der Waals surface area (Å²) < 4.78 is 6.50. The molecule has 160 valence electrons. The van der Waals surface area contributed by atoms with Crippen LogP contribution in [-0.4, -0.2) is 71.1 Å². The number of amides is 1. The van der Waals surface area contributed by atoms with Crippen molar-refractivity contribution in [3.63, 3.8) is 0 Å². The highest BCUT2D eigenvalue weighted by atomic mass is 79.9. The van der Waals surface area contributed by atoms with E-state index in [1.165, 1.54) is 0 Å². The number of hydrogen-bond acceptors (Lipinski definition) is 5. The fraction of sp³-hybridized carbons (Fsp3) is 0.286. The molecule has 2 aromatic rings. The minimum Gasteiger partial charge on any atom is -0.496 e. The van der Waals surface area contributed by atoms with Crippen LogP contribution in [0.1, 0.15) is 15.9 Å². The first-order valence-corrected chi connectivity index (χ1v) is 9.96. The van der Waals surface area contributed by atoms with E-state index < -0.39 is 11.9 Å². The van der Waals surface area contributed by atoms with Gasteiger partial charge in [0, 0.05) is 48.3 Å². The summed E-state index contributed by atoms with van der Waals surface area (Å²) in [4.78, 5) is 35.0. The molecule has 3 rings (SSSR count). The first-order chi connectivity index (χ1) is 14.3. The number of methoxy groups -OCH3 is 1. The largest absolute Gasteiger partial charge is 0.496 e. The molecule has 1 aliphatic heterocycles. The van der Waals surface area contributed by atoms with Crippen LogP contribution in [0.5, 0.6) is 5.75 Å². The van der Waals surface area contributed by atoms with Crippen LogP contribution in [0, 0.1) is 0 Å². The number of hydrogen-bond donors (Lipinski definition) is 2. The molecular formula is C21H23BrN2O6. The Labute approximate surface area is 182 Å². The SMILES string of the molecule is COc1ccc(Br)cc1CN1CCN(C(=O)c2ccccc2)CC1.O=C(O)C(=O)O. The summed E-state index contributed by atoms with van der Waals surface area (Å²) in [5.74, 6) is -2.62. The number of aliphatic carboxylic acids is 2. The van der Waals surface area contributed by atoms with Crippen LogP contribution in [0.15, 0.2) is 53.0 Å². The molecule has 1 saturated heterocycles. The molecule has 0 radical (unpaired) electrons.